The van der Waals surface area contributed by atoms with Crippen LogP contribution >= 0.6 is 0 Å². The number of rotatable bonds is 4. The molecule has 1 unspecified atom stereocenters. The van der Waals surface area contributed by atoms with Gasteiger partial charge in [-0.2, -0.15) is 5.10 Å². The molecule has 1 rings (SSSR count). The third-order valence-electron chi connectivity index (χ3n) is 2.92. The Morgan fingerprint density at radius 3 is 2.37 bits per heavy atom. The van der Waals surface area contributed by atoms with Crippen LogP contribution in [0.3, 0.4) is 0 Å². The zero-order valence-corrected chi connectivity index (χ0v) is 11.3. The molecule has 0 aromatic carbocycles. The van der Waals surface area contributed by atoms with Crippen molar-refractivity contribution in [3.05, 3.63) is 27.2 Å². The summed E-state index contributed by atoms with van der Waals surface area (Å²) in [5.41, 5.74) is 0.225. The molecule has 7 heteroatoms. The van der Waals surface area contributed by atoms with Gasteiger partial charge in [0.05, 0.1) is 5.69 Å². The summed E-state index contributed by atoms with van der Waals surface area (Å²) >= 11 is 0. The van der Waals surface area contributed by atoms with Crippen molar-refractivity contribution in [1.29, 1.82) is 0 Å². The van der Waals surface area contributed by atoms with Crippen molar-refractivity contribution >= 4 is 11.9 Å². The van der Waals surface area contributed by atoms with Crippen LogP contribution in [0.2, 0.25) is 0 Å². The fraction of sp³-hybridized carbons (Fsp3) is 0.500. The topological polar surface area (TPSA) is 112 Å². The quantitative estimate of drug-likeness (QED) is 0.722. The molecule has 1 heterocycles. The number of hydrogen-bond acceptors (Lipinski definition) is 4. The molecule has 0 aliphatic heterocycles. The molecule has 1 atom stereocenters. The monoisotopic (exact) mass is 267 g/mol. The van der Waals surface area contributed by atoms with Crippen molar-refractivity contribution in [2.75, 3.05) is 0 Å². The van der Waals surface area contributed by atoms with E-state index in [0.717, 1.165) is 0 Å². The van der Waals surface area contributed by atoms with E-state index in [1.54, 1.807) is 27.7 Å². The van der Waals surface area contributed by atoms with Crippen molar-refractivity contribution in [3.63, 3.8) is 0 Å². The number of amides is 1. The molecule has 1 aromatic rings. The normalized spacial score (nSPS) is 12.3. The molecule has 0 fully saturated rings. The molecule has 0 aliphatic rings. The van der Waals surface area contributed by atoms with E-state index >= 15 is 0 Å². The summed E-state index contributed by atoms with van der Waals surface area (Å²) in [5.74, 6) is -2.13. The molecule has 0 aliphatic carbocycles. The largest absolute Gasteiger partial charge is 0.480 e. The molecule has 7 nitrogen and oxygen atoms in total. The summed E-state index contributed by atoms with van der Waals surface area (Å²) in [6, 6.07) is -1.04. The molecule has 0 spiro atoms. The Morgan fingerprint density at radius 1 is 1.32 bits per heavy atom. The lowest BCUT2D eigenvalue weighted by Crippen LogP contribution is -2.46. The summed E-state index contributed by atoms with van der Waals surface area (Å²) in [5, 5.41) is 17.3. The molecule has 0 saturated carbocycles. The van der Waals surface area contributed by atoms with Crippen LogP contribution in [0, 0.1) is 19.8 Å². The van der Waals surface area contributed by atoms with E-state index in [4.69, 9.17) is 5.11 Å². The van der Waals surface area contributed by atoms with Gasteiger partial charge in [0.2, 0.25) is 0 Å². The lowest BCUT2D eigenvalue weighted by atomic mass is 10.0. The van der Waals surface area contributed by atoms with E-state index in [1.165, 1.54) is 0 Å². The second kappa shape index (κ2) is 5.64. The van der Waals surface area contributed by atoms with Gasteiger partial charge in [-0.3, -0.25) is 9.59 Å². The molecule has 19 heavy (non-hydrogen) atoms. The first-order valence-electron chi connectivity index (χ1n) is 5.85. The van der Waals surface area contributed by atoms with Gasteiger partial charge < -0.3 is 10.4 Å². The van der Waals surface area contributed by atoms with Crippen LogP contribution in [0.25, 0.3) is 0 Å². The molecule has 1 amide bonds. The van der Waals surface area contributed by atoms with Gasteiger partial charge in [0.25, 0.3) is 11.5 Å². The highest BCUT2D eigenvalue weighted by molar-refractivity contribution is 5.97. The Balaban J connectivity index is 3.12. The summed E-state index contributed by atoms with van der Waals surface area (Å²) in [7, 11) is 0. The van der Waals surface area contributed by atoms with E-state index in [2.05, 4.69) is 15.5 Å². The number of nitrogens with zero attached hydrogens (tertiary/aromatic N) is 1. The fourth-order valence-electron chi connectivity index (χ4n) is 1.63. The zero-order valence-electron chi connectivity index (χ0n) is 11.3. The van der Waals surface area contributed by atoms with Gasteiger partial charge in [-0.15, -0.1) is 0 Å². The van der Waals surface area contributed by atoms with Crippen LogP contribution in [-0.2, 0) is 4.79 Å². The number of hydrogen-bond donors (Lipinski definition) is 3. The van der Waals surface area contributed by atoms with Crippen LogP contribution in [0.15, 0.2) is 4.79 Å². The minimum absolute atomic E-state index is 0.0978. The van der Waals surface area contributed by atoms with Crippen LogP contribution < -0.4 is 10.9 Å². The number of carboxylic acids is 1. The van der Waals surface area contributed by atoms with Gasteiger partial charge in [0, 0.05) is 0 Å². The average Bonchev–Trinajstić information content (AvgIpc) is 2.30. The average molecular weight is 267 g/mol. The third-order valence-corrected chi connectivity index (χ3v) is 2.92. The summed E-state index contributed by atoms with van der Waals surface area (Å²) < 4.78 is 0. The first-order valence-corrected chi connectivity index (χ1v) is 5.85. The molecule has 3 N–H and O–H groups in total. The highest BCUT2D eigenvalue weighted by atomic mass is 16.4. The Bertz CT molecular complexity index is 563. The van der Waals surface area contributed by atoms with Crippen molar-refractivity contribution in [3.8, 4) is 0 Å². The second-order valence-corrected chi connectivity index (χ2v) is 4.67. The number of aromatic nitrogens is 2. The van der Waals surface area contributed by atoms with Crippen molar-refractivity contribution in [2.24, 2.45) is 5.92 Å². The van der Waals surface area contributed by atoms with Gasteiger partial charge >= 0.3 is 5.97 Å². The Morgan fingerprint density at radius 2 is 1.89 bits per heavy atom. The number of carbonyl (C=O) groups is 2. The van der Waals surface area contributed by atoms with Gasteiger partial charge in [0.1, 0.15) is 11.6 Å². The predicted molar refractivity (Wildman–Crippen MR) is 68.1 cm³/mol. The SMILES string of the molecule is Cc1n[nH]c(=O)c(C(=O)NC(C(=O)O)C(C)C)c1C. The van der Waals surface area contributed by atoms with Crippen molar-refractivity contribution < 1.29 is 14.7 Å². The van der Waals surface area contributed by atoms with E-state index in [0.29, 0.717) is 11.3 Å². The third kappa shape index (κ3) is 3.18. The second-order valence-electron chi connectivity index (χ2n) is 4.67. The van der Waals surface area contributed by atoms with E-state index < -0.39 is 23.5 Å². The Hall–Kier alpha value is -2.18. The zero-order chi connectivity index (χ0) is 14.7. The summed E-state index contributed by atoms with van der Waals surface area (Å²) in [6.45, 7) is 6.60. The fourth-order valence-corrected chi connectivity index (χ4v) is 1.63. The van der Waals surface area contributed by atoms with Gasteiger partial charge in [-0.1, -0.05) is 13.8 Å². The highest BCUT2D eigenvalue weighted by Gasteiger charge is 2.26. The van der Waals surface area contributed by atoms with Gasteiger partial charge in [-0.05, 0) is 25.3 Å². The van der Waals surface area contributed by atoms with Crippen LogP contribution in [0.4, 0.5) is 0 Å². The van der Waals surface area contributed by atoms with Gasteiger partial charge in [-0.25, -0.2) is 9.89 Å². The molecule has 0 bridgehead atoms. The minimum atomic E-state index is -1.14. The van der Waals surface area contributed by atoms with Crippen molar-refractivity contribution in [2.45, 2.75) is 33.7 Å². The summed E-state index contributed by atoms with van der Waals surface area (Å²) in [6.07, 6.45) is 0. The number of carbonyl (C=O) groups excluding carboxylic acids is 1. The predicted octanol–water partition coefficient (Wildman–Crippen LogP) is 0.226. The molecule has 0 radical (unpaired) electrons. The van der Waals surface area contributed by atoms with Crippen LogP contribution in [0.1, 0.15) is 35.5 Å². The Labute approximate surface area is 110 Å². The number of aromatic amines is 1. The number of aryl methyl sites for hydroxylation is 1. The molecular weight excluding hydrogens is 250 g/mol. The lowest BCUT2D eigenvalue weighted by Gasteiger charge is -2.18. The number of aliphatic carboxylic acids is 1. The maximum Gasteiger partial charge on any atom is 0.326 e. The molecular formula is C12H17N3O4. The molecule has 0 saturated heterocycles. The number of nitrogens with one attached hydrogen (secondary N) is 2. The maximum atomic E-state index is 12.0. The smallest absolute Gasteiger partial charge is 0.326 e. The molecule has 104 valence electrons. The van der Waals surface area contributed by atoms with Crippen molar-refractivity contribution in [1.82, 2.24) is 15.5 Å². The first-order chi connectivity index (χ1) is 8.75. The van der Waals surface area contributed by atoms with E-state index in [-0.39, 0.29) is 11.5 Å². The molecule has 1 aromatic heterocycles. The Kier molecular flexibility index (Phi) is 4.42. The maximum absolute atomic E-state index is 12.0. The van der Waals surface area contributed by atoms with E-state index in [9.17, 15) is 14.4 Å². The first kappa shape index (κ1) is 14.9. The lowest BCUT2D eigenvalue weighted by molar-refractivity contribution is -0.140. The van der Waals surface area contributed by atoms with E-state index in [1.807, 2.05) is 0 Å². The highest BCUT2D eigenvalue weighted by Crippen LogP contribution is 2.07. The van der Waals surface area contributed by atoms with Crippen LogP contribution in [0.5, 0.6) is 0 Å². The number of carboxylic acid groups (broad SMARTS) is 1. The standard InChI is InChI=1S/C12H17N3O4/c1-5(2)9(12(18)19)13-10(16)8-6(3)7(4)14-15-11(8)17/h5,9H,1-4H3,(H,13,16)(H,15,17)(H,18,19). The number of H-pyrrole nitrogens is 1. The van der Waals surface area contributed by atoms with Crippen LogP contribution in [-0.4, -0.2) is 33.2 Å². The summed E-state index contributed by atoms with van der Waals surface area (Å²) in [4.78, 5) is 34.7. The van der Waals surface area contributed by atoms with Gasteiger partial charge in [0.15, 0.2) is 0 Å². The minimum Gasteiger partial charge on any atom is -0.480 e.